The molecule has 0 radical (unpaired) electrons. The maximum absolute atomic E-state index is 13.1. The zero-order valence-electron chi connectivity index (χ0n) is 62.7. The standard InChI is InChI=1S/C79H146O17P2/c1-5-9-13-17-21-25-29-32-35-36-39-41-45-48-52-56-60-64-77(82)89-69-74(95-78(83)65-61-57-53-49-43-28-24-20-16-12-8-4)71-93-97(85,86)91-67-73(80)68-92-98(87,88)94-72-75(96-79(84)66-62-58-54-50-46-42-38-34-31-27-23-19-15-11-7-3)70-90-76(81)63-59-55-51-47-44-40-37-33-30-26-22-18-14-10-6-2/h9,13,20-21,24-25,32,35,73-75,80H,5-8,10-12,14-19,22-23,26-31,33-34,36-72H2,1-4H3,(H,85,86)(H,87,88)/b13-9-,24-20-,25-21-,35-32-. The smallest absolute Gasteiger partial charge is 0.462 e. The Morgan fingerprint density at radius 3 is 0.857 bits per heavy atom. The number of phosphoric acid groups is 2. The van der Waals surface area contributed by atoms with Crippen LogP contribution in [0, 0.1) is 0 Å². The van der Waals surface area contributed by atoms with Crippen LogP contribution in [0.2, 0.25) is 0 Å². The summed E-state index contributed by atoms with van der Waals surface area (Å²) in [6.45, 7) is 4.79. The second-order valence-electron chi connectivity index (χ2n) is 27.0. The predicted molar refractivity (Wildman–Crippen MR) is 400 cm³/mol. The number of ether oxygens (including phenoxy) is 4. The molecule has 0 spiro atoms. The van der Waals surface area contributed by atoms with Crippen LogP contribution >= 0.6 is 15.6 Å². The lowest BCUT2D eigenvalue weighted by Gasteiger charge is -2.21. The van der Waals surface area contributed by atoms with E-state index in [0.717, 1.165) is 148 Å². The van der Waals surface area contributed by atoms with E-state index in [2.05, 4.69) is 76.3 Å². The molecule has 0 aliphatic rings. The first-order chi connectivity index (χ1) is 47.7. The van der Waals surface area contributed by atoms with Crippen LogP contribution in [0.5, 0.6) is 0 Å². The summed E-state index contributed by atoms with van der Waals surface area (Å²) in [5.41, 5.74) is 0. The highest BCUT2D eigenvalue weighted by Gasteiger charge is 2.30. The number of unbranched alkanes of at least 4 members (excludes halogenated alkanes) is 42. The Kier molecular flexibility index (Phi) is 70.2. The molecule has 0 bridgehead atoms. The molecule has 17 nitrogen and oxygen atoms in total. The number of carbonyl (C=O) groups excluding carboxylic acids is 4. The van der Waals surface area contributed by atoms with Gasteiger partial charge in [-0.05, 0) is 77.0 Å². The van der Waals surface area contributed by atoms with Crippen LogP contribution < -0.4 is 0 Å². The Morgan fingerprint density at radius 1 is 0.296 bits per heavy atom. The van der Waals surface area contributed by atoms with Crippen LogP contribution in [0.25, 0.3) is 0 Å². The molecule has 3 N–H and O–H groups in total. The zero-order chi connectivity index (χ0) is 71.8. The van der Waals surface area contributed by atoms with E-state index in [-0.39, 0.29) is 25.7 Å². The summed E-state index contributed by atoms with van der Waals surface area (Å²) < 4.78 is 68.6. The van der Waals surface area contributed by atoms with Crippen molar-refractivity contribution in [2.45, 2.75) is 393 Å². The van der Waals surface area contributed by atoms with Crippen LogP contribution in [0.15, 0.2) is 48.6 Å². The van der Waals surface area contributed by atoms with Gasteiger partial charge in [0.25, 0.3) is 0 Å². The minimum absolute atomic E-state index is 0.0868. The number of rotatable bonds is 76. The van der Waals surface area contributed by atoms with Gasteiger partial charge in [-0.1, -0.05) is 320 Å². The van der Waals surface area contributed by atoms with Gasteiger partial charge < -0.3 is 33.8 Å². The molecule has 0 aromatic carbocycles. The van der Waals surface area contributed by atoms with Crippen LogP contribution in [0.1, 0.15) is 374 Å². The molecule has 0 saturated carbocycles. The molecular formula is C79H146O17P2. The molecule has 0 aromatic heterocycles. The fourth-order valence-corrected chi connectivity index (χ4v) is 12.8. The summed E-state index contributed by atoms with van der Waals surface area (Å²) >= 11 is 0. The summed E-state index contributed by atoms with van der Waals surface area (Å²) in [5.74, 6) is -2.15. The van der Waals surface area contributed by atoms with Crippen molar-refractivity contribution >= 4 is 39.5 Å². The first-order valence-electron chi connectivity index (χ1n) is 39.9. The third-order valence-corrected chi connectivity index (χ3v) is 19.2. The van der Waals surface area contributed by atoms with E-state index < -0.39 is 97.5 Å². The Balaban J connectivity index is 5.27. The third-order valence-electron chi connectivity index (χ3n) is 17.3. The predicted octanol–water partition coefficient (Wildman–Crippen LogP) is 22.9. The van der Waals surface area contributed by atoms with Crippen molar-refractivity contribution in [3.05, 3.63) is 48.6 Å². The lowest BCUT2D eigenvalue weighted by molar-refractivity contribution is -0.161. The fraction of sp³-hybridized carbons (Fsp3) is 0.848. The number of hydrogen-bond donors (Lipinski definition) is 3. The number of phosphoric ester groups is 2. The van der Waals surface area contributed by atoms with Crippen molar-refractivity contribution in [2.75, 3.05) is 39.6 Å². The maximum Gasteiger partial charge on any atom is 0.472 e. The lowest BCUT2D eigenvalue weighted by atomic mass is 10.0. The highest BCUT2D eigenvalue weighted by molar-refractivity contribution is 7.47. The monoisotopic (exact) mass is 1430 g/mol. The van der Waals surface area contributed by atoms with Crippen LogP contribution in [-0.2, 0) is 65.4 Å². The molecule has 19 heteroatoms. The van der Waals surface area contributed by atoms with Crippen LogP contribution in [0.4, 0.5) is 0 Å². The lowest BCUT2D eigenvalue weighted by Crippen LogP contribution is -2.30. The highest BCUT2D eigenvalue weighted by atomic mass is 31.2. The molecular weight excluding hydrogens is 1280 g/mol. The van der Waals surface area contributed by atoms with Crippen LogP contribution in [0.3, 0.4) is 0 Å². The summed E-state index contributed by atoms with van der Waals surface area (Å²) in [6.07, 6.45) is 69.5. The molecule has 0 rings (SSSR count). The van der Waals surface area contributed by atoms with Gasteiger partial charge in [0.2, 0.25) is 0 Å². The molecule has 0 aliphatic carbocycles. The molecule has 98 heavy (non-hydrogen) atoms. The van der Waals surface area contributed by atoms with Gasteiger partial charge in [-0.25, -0.2) is 9.13 Å². The van der Waals surface area contributed by atoms with Gasteiger partial charge in [-0.2, -0.15) is 0 Å². The van der Waals surface area contributed by atoms with Gasteiger partial charge >= 0.3 is 39.5 Å². The van der Waals surface area contributed by atoms with Gasteiger partial charge in [-0.15, -0.1) is 0 Å². The van der Waals surface area contributed by atoms with E-state index in [1.54, 1.807) is 0 Å². The third kappa shape index (κ3) is 71.4. The maximum atomic E-state index is 13.1. The Hall–Kier alpha value is -2.98. The van der Waals surface area contributed by atoms with E-state index in [0.29, 0.717) is 25.7 Å². The molecule has 574 valence electrons. The number of allylic oxidation sites excluding steroid dienone is 8. The number of esters is 4. The SMILES string of the molecule is CC/C=C\C/C=C\C/C=C\CCCCCCCCCC(=O)OCC(COP(=O)(O)OCC(O)COP(=O)(O)OCC(COC(=O)CCCCCCCCCCCCCCCCC)OC(=O)CCCCCCCCCCCCCCCCC)OC(=O)CCCCCCC/C=C\CCCC. The van der Waals surface area contributed by atoms with E-state index in [4.69, 9.17) is 37.0 Å². The average molecular weight is 1430 g/mol. The quantitative estimate of drug-likeness (QED) is 0.0169. The van der Waals surface area contributed by atoms with E-state index in [1.807, 2.05) is 0 Å². The van der Waals surface area contributed by atoms with Gasteiger partial charge in [0.1, 0.15) is 19.3 Å². The molecule has 0 aliphatic heterocycles. The number of aliphatic hydroxyl groups excluding tert-OH is 1. The zero-order valence-corrected chi connectivity index (χ0v) is 64.5. The summed E-state index contributed by atoms with van der Waals surface area (Å²) in [6, 6.07) is 0. The first kappa shape index (κ1) is 95.0. The van der Waals surface area contributed by atoms with Crippen molar-refractivity contribution in [2.24, 2.45) is 0 Å². The number of hydrogen-bond acceptors (Lipinski definition) is 15. The van der Waals surface area contributed by atoms with Crippen LogP contribution in [-0.4, -0.2) is 96.7 Å². The van der Waals surface area contributed by atoms with Crippen molar-refractivity contribution in [1.29, 1.82) is 0 Å². The molecule has 5 unspecified atom stereocenters. The Labute approximate surface area is 597 Å². The minimum atomic E-state index is -4.97. The van der Waals surface area contributed by atoms with E-state index in [1.165, 1.54) is 148 Å². The fourth-order valence-electron chi connectivity index (χ4n) is 11.2. The first-order valence-corrected chi connectivity index (χ1v) is 42.9. The average Bonchev–Trinajstić information content (AvgIpc) is 0.986. The number of carbonyl (C=O) groups is 4. The van der Waals surface area contributed by atoms with Gasteiger partial charge in [0, 0.05) is 25.7 Å². The summed E-state index contributed by atoms with van der Waals surface area (Å²) in [4.78, 5) is 72.9. The second kappa shape index (κ2) is 72.4. The summed E-state index contributed by atoms with van der Waals surface area (Å²) in [5, 5.41) is 10.6. The minimum Gasteiger partial charge on any atom is -0.462 e. The van der Waals surface area contributed by atoms with Crippen molar-refractivity contribution < 1.29 is 80.2 Å². The second-order valence-corrected chi connectivity index (χ2v) is 29.9. The topological polar surface area (TPSA) is 237 Å². The molecule has 0 heterocycles. The van der Waals surface area contributed by atoms with Gasteiger partial charge in [-0.3, -0.25) is 37.3 Å². The van der Waals surface area contributed by atoms with Crippen molar-refractivity contribution in [1.82, 2.24) is 0 Å². The Morgan fingerprint density at radius 2 is 0.541 bits per heavy atom. The van der Waals surface area contributed by atoms with Crippen molar-refractivity contribution in [3.63, 3.8) is 0 Å². The largest absolute Gasteiger partial charge is 0.472 e. The normalized spacial score (nSPS) is 14.2. The molecule has 5 atom stereocenters. The molecule has 0 amide bonds. The molecule has 0 aromatic rings. The van der Waals surface area contributed by atoms with E-state index in [9.17, 15) is 43.2 Å². The molecule has 0 saturated heterocycles. The summed E-state index contributed by atoms with van der Waals surface area (Å²) in [7, 11) is -9.93. The molecule has 0 fully saturated rings. The highest BCUT2D eigenvalue weighted by Crippen LogP contribution is 2.45. The van der Waals surface area contributed by atoms with Crippen molar-refractivity contribution in [3.8, 4) is 0 Å². The van der Waals surface area contributed by atoms with Gasteiger partial charge in [0.15, 0.2) is 12.2 Å². The Bertz CT molecular complexity index is 2050. The van der Waals surface area contributed by atoms with E-state index >= 15 is 0 Å². The van der Waals surface area contributed by atoms with Gasteiger partial charge in [0.05, 0.1) is 26.4 Å². The number of aliphatic hydroxyl groups is 1.